The van der Waals surface area contributed by atoms with Gasteiger partial charge in [0.05, 0.1) is 0 Å². The maximum absolute atomic E-state index is 12.8. The molecule has 0 aromatic heterocycles. The minimum Gasteiger partial charge on any atom is -0.374 e. The normalized spacial score (nSPS) is 12.5. The Hall–Kier alpha value is -1.09. The summed E-state index contributed by atoms with van der Waals surface area (Å²) in [5.41, 5.74) is 1.06. The van der Waals surface area contributed by atoms with Gasteiger partial charge in [-0.2, -0.15) is 0 Å². The molecule has 0 aliphatic rings. The van der Waals surface area contributed by atoms with Gasteiger partial charge in [-0.25, -0.2) is 4.39 Å². The SMILES string of the molecule is CCNCC(C)CN(C)c1ccc(F)cc1. The molecule has 0 heterocycles. The van der Waals surface area contributed by atoms with Crippen LogP contribution < -0.4 is 10.2 Å². The topological polar surface area (TPSA) is 15.3 Å². The molecule has 1 unspecified atom stereocenters. The third kappa shape index (κ3) is 4.19. The summed E-state index contributed by atoms with van der Waals surface area (Å²) in [7, 11) is 2.04. The molecule has 1 N–H and O–H groups in total. The van der Waals surface area contributed by atoms with E-state index in [2.05, 4.69) is 24.1 Å². The zero-order valence-electron chi connectivity index (χ0n) is 10.3. The van der Waals surface area contributed by atoms with Gasteiger partial charge in [0.25, 0.3) is 0 Å². The van der Waals surface area contributed by atoms with E-state index < -0.39 is 0 Å². The van der Waals surface area contributed by atoms with Crippen molar-refractivity contribution in [1.29, 1.82) is 0 Å². The lowest BCUT2D eigenvalue weighted by Gasteiger charge is -2.23. The first-order chi connectivity index (χ1) is 7.63. The van der Waals surface area contributed by atoms with E-state index in [-0.39, 0.29) is 5.82 Å². The van der Waals surface area contributed by atoms with Crippen molar-refractivity contribution >= 4 is 5.69 Å². The molecule has 0 amide bonds. The quantitative estimate of drug-likeness (QED) is 0.798. The molecule has 0 aliphatic carbocycles. The Morgan fingerprint density at radius 3 is 2.50 bits per heavy atom. The van der Waals surface area contributed by atoms with Gasteiger partial charge in [-0.15, -0.1) is 0 Å². The zero-order chi connectivity index (χ0) is 12.0. The Balaban J connectivity index is 2.45. The third-order valence-corrected chi connectivity index (χ3v) is 2.60. The molecule has 1 aromatic carbocycles. The van der Waals surface area contributed by atoms with Crippen molar-refractivity contribution in [3.8, 4) is 0 Å². The van der Waals surface area contributed by atoms with E-state index in [9.17, 15) is 4.39 Å². The van der Waals surface area contributed by atoms with Gasteiger partial charge in [0.2, 0.25) is 0 Å². The molecule has 0 saturated carbocycles. The van der Waals surface area contributed by atoms with E-state index in [4.69, 9.17) is 0 Å². The maximum Gasteiger partial charge on any atom is 0.123 e. The second-order valence-electron chi connectivity index (χ2n) is 4.27. The summed E-state index contributed by atoms with van der Waals surface area (Å²) in [5, 5.41) is 3.33. The number of halogens is 1. The number of hydrogen-bond acceptors (Lipinski definition) is 2. The fraction of sp³-hybridized carbons (Fsp3) is 0.538. The molecule has 16 heavy (non-hydrogen) atoms. The highest BCUT2D eigenvalue weighted by molar-refractivity contribution is 5.45. The van der Waals surface area contributed by atoms with E-state index in [1.165, 1.54) is 12.1 Å². The summed E-state index contributed by atoms with van der Waals surface area (Å²) in [6.45, 7) is 7.31. The summed E-state index contributed by atoms with van der Waals surface area (Å²) in [6, 6.07) is 6.63. The van der Waals surface area contributed by atoms with E-state index >= 15 is 0 Å². The van der Waals surface area contributed by atoms with Crippen LogP contribution in [0.1, 0.15) is 13.8 Å². The van der Waals surface area contributed by atoms with Crippen molar-refractivity contribution in [2.24, 2.45) is 5.92 Å². The molecule has 0 bridgehead atoms. The Morgan fingerprint density at radius 1 is 1.31 bits per heavy atom. The fourth-order valence-corrected chi connectivity index (χ4v) is 1.72. The lowest BCUT2D eigenvalue weighted by molar-refractivity contribution is 0.523. The first-order valence-electron chi connectivity index (χ1n) is 5.81. The lowest BCUT2D eigenvalue weighted by Crippen LogP contribution is -2.30. The summed E-state index contributed by atoms with van der Waals surface area (Å²) in [4.78, 5) is 2.15. The first kappa shape index (κ1) is 13.0. The van der Waals surface area contributed by atoms with Crippen molar-refractivity contribution in [2.75, 3.05) is 31.6 Å². The maximum atomic E-state index is 12.8. The van der Waals surface area contributed by atoms with E-state index in [1.807, 2.05) is 19.2 Å². The van der Waals surface area contributed by atoms with Crippen molar-refractivity contribution in [1.82, 2.24) is 5.32 Å². The molecule has 90 valence electrons. The minimum absolute atomic E-state index is 0.183. The number of nitrogens with one attached hydrogen (secondary N) is 1. The van der Waals surface area contributed by atoms with E-state index in [0.29, 0.717) is 5.92 Å². The Kier molecular flexibility index (Phi) is 5.26. The van der Waals surface area contributed by atoms with Crippen LogP contribution in [0.5, 0.6) is 0 Å². The zero-order valence-corrected chi connectivity index (χ0v) is 10.3. The van der Waals surface area contributed by atoms with Gasteiger partial charge < -0.3 is 10.2 Å². The highest BCUT2D eigenvalue weighted by Gasteiger charge is 2.06. The van der Waals surface area contributed by atoms with E-state index in [0.717, 1.165) is 25.3 Å². The molecule has 1 rings (SSSR count). The summed E-state index contributed by atoms with van der Waals surface area (Å²) in [6.07, 6.45) is 0. The van der Waals surface area contributed by atoms with Gasteiger partial charge in [-0.1, -0.05) is 13.8 Å². The van der Waals surface area contributed by atoms with Crippen LogP contribution in [0, 0.1) is 11.7 Å². The molecule has 0 aliphatic heterocycles. The molecule has 3 heteroatoms. The average Bonchev–Trinajstić information content (AvgIpc) is 2.27. The molecule has 2 nitrogen and oxygen atoms in total. The standard InChI is InChI=1S/C13H21FN2/c1-4-15-9-11(2)10-16(3)13-7-5-12(14)6-8-13/h5-8,11,15H,4,9-10H2,1-3H3. The molecular weight excluding hydrogens is 203 g/mol. The van der Waals surface area contributed by atoms with Gasteiger partial charge in [0, 0.05) is 19.3 Å². The number of nitrogens with zero attached hydrogens (tertiary/aromatic N) is 1. The molecule has 0 saturated heterocycles. The van der Waals surface area contributed by atoms with Gasteiger partial charge in [0.1, 0.15) is 5.82 Å². The molecule has 0 spiro atoms. The van der Waals surface area contributed by atoms with Crippen molar-refractivity contribution in [2.45, 2.75) is 13.8 Å². The number of hydrogen-bond donors (Lipinski definition) is 1. The smallest absolute Gasteiger partial charge is 0.123 e. The molecule has 1 atom stereocenters. The lowest BCUT2D eigenvalue weighted by atomic mass is 10.1. The Labute approximate surface area is 97.5 Å². The number of benzene rings is 1. The van der Waals surface area contributed by atoms with Gasteiger partial charge >= 0.3 is 0 Å². The second-order valence-corrected chi connectivity index (χ2v) is 4.27. The molecular formula is C13H21FN2. The van der Waals surface area contributed by atoms with Crippen molar-refractivity contribution < 1.29 is 4.39 Å². The molecule has 0 fully saturated rings. The molecule has 1 aromatic rings. The second kappa shape index (κ2) is 6.48. The van der Waals surface area contributed by atoms with Crippen LogP contribution in [0.15, 0.2) is 24.3 Å². The van der Waals surface area contributed by atoms with Crippen LogP contribution >= 0.6 is 0 Å². The Morgan fingerprint density at radius 2 is 1.94 bits per heavy atom. The summed E-state index contributed by atoms with van der Waals surface area (Å²) < 4.78 is 12.8. The predicted molar refractivity (Wildman–Crippen MR) is 67.4 cm³/mol. The summed E-state index contributed by atoms with van der Waals surface area (Å²) >= 11 is 0. The summed E-state index contributed by atoms with van der Waals surface area (Å²) in [5.74, 6) is 0.396. The van der Waals surface area contributed by atoms with Crippen LogP contribution in [0.4, 0.5) is 10.1 Å². The van der Waals surface area contributed by atoms with Crippen LogP contribution in [0.25, 0.3) is 0 Å². The highest BCUT2D eigenvalue weighted by atomic mass is 19.1. The van der Waals surface area contributed by atoms with E-state index in [1.54, 1.807) is 0 Å². The van der Waals surface area contributed by atoms with Gasteiger partial charge in [-0.05, 0) is 43.3 Å². The predicted octanol–water partition coefficient (Wildman–Crippen LogP) is 2.51. The van der Waals surface area contributed by atoms with Crippen LogP contribution in [-0.4, -0.2) is 26.7 Å². The first-order valence-corrected chi connectivity index (χ1v) is 5.81. The Bertz CT molecular complexity index is 297. The minimum atomic E-state index is -0.183. The number of anilines is 1. The fourth-order valence-electron chi connectivity index (χ4n) is 1.72. The van der Waals surface area contributed by atoms with Crippen molar-refractivity contribution in [3.05, 3.63) is 30.1 Å². The highest BCUT2D eigenvalue weighted by Crippen LogP contribution is 2.14. The monoisotopic (exact) mass is 224 g/mol. The van der Waals surface area contributed by atoms with Crippen LogP contribution in [0.2, 0.25) is 0 Å². The van der Waals surface area contributed by atoms with Crippen LogP contribution in [0.3, 0.4) is 0 Å². The number of rotatable bonds is 6. The van der Waals surface area contributed by atoms with Gasteiger partial charge in [0.15, 0.2) is 0 Å². The molecule has 0 radical (unpaired) electrons. The largest absolute Gasteiger partial charge is 0.374 e. The van der Waals surface area contributed by atoms with Crippen molar-refractivity contribution in [3.63, 3.8) is 0 Å². The van der Waals surface area contributed by atoms with Gasteiger partial charge in [-0.3, -0.25) is 0 Å². The third-order valence-electron chi connectivity index (χ3n) is 2.60. The average molecular weight is 224 g/mol. The van der Waals surface area contributed by atoms with Crippen LogP contribution in [-0.2, 0) is 0 Å².